The van der Waals surface area contributed by atoms with Crippen molar-refractivity contribution in [2.24, 2.45) is 5.92 Å². The van der Waals surface area contributed by atoms with Gasteiger partial charge in [0.2, 0.25) is 0 Å². The van der Waals surface area contributed by atoms with Gasteiger partial charge in [-0.15, -0.1) is 0 Å². The van der Waals surface area contributed by atoms with Crippen molar-refractivity contribution in [3.8, 4) is 0 Å². The Morgan fingerprint density at radius 3 is 2.33 bits per heavy atom. The lowest BCUT2D eigenvalue weighted by Crippen LogP contribution is -1.53. The molecule has 1 heteroatoms. The highest BCUT2D eigenvalue weighted by atomic mass is 19.1. The number of halogens is 1. The maximum Gasteiger partial charge on any atom is 0.0829 e. The molecule has 0 nitrogen and oxygen atoms in total. The lowest BCUT2D eigenvalue weighted by Gasteiger charge is -1.66. The van der Waals surface area contributed by atoms with Gasteiger partial charge in [0, 0.05) is 0 Å². The first kappa shape index (κ1) is 3.85. The van der Waals surface area contributed by atoms with E-state index in [2.05, 4.69) is 0 Å². The van der Waals surface area contributed by atoms with Gasteiger partial charge in [-0.2, -0.15) is 0 Å². The van der Waals surface area contributed by atoms with Crippen molar-refractivity contribution >= 4 is 0 Å². The zero-order valence-electron chi connectivity index (χ0n) is 3.52. The van der Waals surface area contributed by atoms with Gasteiger partial charge in [0.25, 0.3) is 0 Å². The molecule has 0 aliphatic heterocycles. The molecule has 0 saturated heterocycles. The van der Waals surface area contributed by atoms with Crippen LogP contribution in [0.2, 0.25) is 0 Å². The molecule has 0 aromatic carbocycles. The van der Waals surface area contributed by atoms with Crippen LogP contribution in [0.3, 0.4) is 0 Å². The molecule has 0 amide bonds. The highest BCUT2D eigenvalue weighted by molar-refractivity contribution is 4.91. The summed E-state index contributed by atoms with van der Waals surface area (Å²) in [6.07, 6.45) is 4.64. The monoisotopic (exact) mass is 86.1 g/mol. The third kappa shape index (κ3) is 0.814. The summed E-state index contributed by atoms with van der Waals surface area (Å²) in [5.41, 5.74) is 0. The molecule has 1 aliphatic carbocycles. The fraction of sp³-hybridized carbons (Fsp3) is 0.600. The van der Waals surface area contributed by atoms with E-state index in [0.717, 1.165) is 0 Å². The summed E-state index contributed by atoms with van der Waals surface area (Å²) in [6.45, 7) is 0. The summed E-state index contributed by atoms with van der Waals surface area (Å²) in [5, 5.41) is 0. The van der Waals surface area contributed by atoms with E-state index in [1.165, 1.54) is 12.8 Å². The average Bonchev–Trinajstić information content (AvgIpc) is 2.21. The molecule has 34 valence electrons. The van der Waals surface area contributed by atoms with E-state index in [-0.39, 0.29) is 0 Å². The van der Waals surface area contributed by atoms with Gasteiger partial charge in [-0.25, -0.2) is 4.39 Å². The second kappa shape index (κ2) is 1.41. The SMILES string of the molecule is F/C=C/C1CC1. The quantitative estimate of drug-likeness (QED) is 0.457. The molecule has 0 atom stereocenters. The van der Waals surface area contributed by atoms with Gasteiger partial charge in [-0.1, -0.05) is 6.08 Å². The lowest BCUT2D eigenvalue weighted by molar-refractivity contribution is 0.712. The van der Waals surface area contributed by atoms with E-state index in [9.17, 15) is 4.39 Å². The van der Waals surface area contributed by atoms with Crippen LogP contribution in [0.15, 0.2) is 12.4 Å². The Kier molecular flexibility index (Phi) is 0.906. The summed E-state index contributed by atoms with van der Waals surface area (Å²) in [6, 6.07) is 0. The second-order valence-corrected chi connectivity index (χ2v) is 1.66. The van der Waals surface area contributed by atoms with Crippen molar-refractivity contribution in [1.29, 1.82) is 0 Å². The molecule has 1 aliphatic rings. The smallest absolute Gasteiger partial charge is 0.0829 e. The second-order valence-electron chi connectivity index (χ2n) is 1.66. The summed E-state index contributed by atoms with van der Waals surface area (Å²) < 4.78 is 11.1. The van der Waals surface area contributed by atoms with Crippen LogP contribution >= 0.6 is 0 Å². The number of hydrogen-bond donors (Lipinski definition) is 0. The van der Waals surface area contributed by atoms with Gasteiger partial charge in [-0.3, -0.25) is 0 Å². The average molecular weight is 86.1 g/mol. The van der Waals surface area contributed by atoms with Crippen molar-refractivity contribution in [3.05, 3.63) is 12.4 Å². The first-order valence-electron chi connectivity index (χ1n) is 2.20. The van der Waals surface area contributed by atoms with Gasteiger partial charge in [-0.05, 0) is 18.8 Å². The summed E-state index contributed by atoms with van der Waals surface area (Å²) >= 11 is 0. The molecular weight excluding hydrogens is 79.1 g/mol. The van der Waals surface area contributed by atoms with Gasteiger partial charge < -0.3 is 0 Å². The van der Waals surface area contributed by atoms with E-state index in [1.54, 1.807) is 6.08 Å². The minimum Gasteiger partial charge on any atom is -0.216 e. The van der Waals surface area contributed by atoms with Gasteiger partial charge >= 0.3 is 0 Å². The zero-order valence-corrected chi connectivity index (χ0v) is 3.52. The fourth-order valence-electron chi connectivity index (χ4n) is 0.392. The molecule has 0 aromatic rings. The van der Waals surface area contributed by atoms with E-state index in [1.807, 2.05) is 0 Å². The largest absolute Gasteiger partial charge is 0.216 e. The Morgan fingerprint density at radius 2 is 2.17 bits per heavy atom. The Morgan fingerprint density at radius 1 is 1.50 bits per heavy atom. The first-order chi connectivity index (χ1) is 2.93. The third-order valence-electron chi connectivity index (χ3n) is 0.967. The minimum atomic E-state index is 0.593. The first-order valence-corrected chi connectivity index (χ1v) is 2.20. The van der Waals surface area contributed by atoms with Crippen LogP contribution in [-0.2, 0) is 0 Å². The Hall–Kier alpha value is -0.330. The highest BCUT2D eigenvalue weighted by Gasteiger charge is 2.16. The number of rotatable bonds is 1. The van der Waals surface area contributed by atoms with Crippen molar-refractivity contribution in [3.63, 3.8) is 0 Å². The lowest BCUT2D eigenvalue weighted by atomic mass is 10.4. The van der Waals surface area contributed by atoms with E-state index < -0.39 is 0 Å². The molecule has 1 fully saturated rings. The number of hydrogen-bond acceptors (Lipinski definition) is 0. The fourth-order valence-corrected chi connectivity index (χ4v) is 0.392. The van der Waals surface area contributed by atoms with Crippen molar-refractivity contribution in [2.75, 3.05) is 0 Å². The normalized spacial score (nSPS) is 22.8. The molecule has 0 spiro atoms. The maximum absolute atomic E-state index is 11.1. The van der Waals surface area contributed by atoms with Crippen LogP contribution in [0.25, 0.3) is 0 Å². The van der Waals surface area contributed by atoms with E-state index >= 15 is 0 Å². The molecule has 0 radical (unpaired) electrons. The Bertz CT molecular complexity index is 62.3. The summed E-state index contributed by atoms with van der Waals surface area (Å²) in [4.78, 5) is 0. The third-order valence-corrected chi connectivity index (χ3v) is 0.967. The van der Waals surface area contributed by atoms with E-state index in [4.69, 9.17) is 0 Å². The predicted molar refractivity (Wildman–Crippen MR) is 23.0 cm³/mol. The van der Waals surface area contributed by atoms with Crippen molar-refractivity contribution < 1.29 is 4.39 Å². The van der Waals surface area contributed by atoms with Gasteiger partial charge in [0.1, 0.15) is 0 Å². The van der Waals surface area contributed by atoms with Crippen LogP contribution in [-0.4, -0.2) is 0 Å². The van der Waals surface area contributed by atoms with Crippen LogP contribution < -0.4 is 0 Å². The molecule has 6 heavy (non-hydrogen) atoms. The van der Waals surface area contributed by atoms with Crippen LogP contribution in [0.4, 0.5) is 4.39 Å². The van der Waals surface area contributed by atoms with Gasteiger partial charge in [0.15, 0.2) is 0 Å². The molecule has 0 bridgehead atoms. The van der Waals surface area contributed by atoms with E-state index in [0.29, 0.717) is 12.2 Å². The molecule has 0 unspecified atom stereocenters. The molecule has 0 aromatic heterocycles. The summed E-state index contributed by atoms with van der Waals surface area (Å²) in [7, 11) is 0. The Balaban J connectivity index is 2.15. The topological polar surface area (TPSA) is 0 Å². The van der Waals surface area contributed by atoms with Crippen LogP contribution in [0.5, 0.6) is 0 Å². The molecule has 0 heterocycles. The molecule has 0 N–H and O–H groups in total. The molecule has 1 saturated carbocycles. The van der Waals surface area contributed by atoms with Crippen molar-refractivity contribution in [2.45, 2.75) is 12.8 Å². The van der Waals surface area contributed by atoms with Gasteiger partial charge in [0.05, 0.1) is 6.33 Å². The standard InChI is InChI=1S/C5H7F/c6-4-3-5-1-2-5/h3-5H,1-2H2/b4-3+. The molecular formula is C5H7F. The zero-order chi connectivity index (χ0) is 4.41. The van der Waals surface area contributed by atoms with Crippen LogP contribution in [0.1, 0.15) is 12.8 Å². The Labute approximate surface area is 36.7 Å². The molecule has 1 rings (SSSR count). The van der Waals surface area contributed by atoms with Crippen LogP contribution in [0, 0.1) is 5.92 Å². The highest BCUT2D eigenvalue weighted by Crippen LogP contribution is 2.29. The number of allylic oxidation sites excluding steroid dienone is 1. The summed E-state index contributed by atoms with van der Waals surface area (Å²) in [5.74, 6) is 0.593. The van der Waals surface area contributed by atoms with Crippen molar-refractivity contribution in [1.82, 2.24) is 0 Å². The predicted octanol–water partition coefficient (Wildman–Crippen LogP) is 1.88. The minimum absolute atomic E-state index is 0.593. The maximum atomic E-state index is 11.1.